The van der Waals surface area contributed by atoms with E-state index in [0.29, 0.717) is 12.1 Å². The molecule has 2 heterocycles. The molecule has 186 valence electrons. The quantitative estimate of drug-likeness (QED) is 0.119. The Bertz CT molecular complexity index is 1100. The summed E-state index contributed by atoms with van der Waals surface area (Å²) in [4.78, 5) is 32.3. The number of esters is 1. The van der Waals surface area contributed by atoms with Crippen LogP contribution in [0, 0.1) is 0 Å². The molecular weight excluding hydrogens is 505 g/mol. The van der Waals surface area contributed by atoms with Crippen molar-refractivity contribution >= 4 is 63.3 Å². The molecule has 0 aliphatic carbocycles. The molecule has 1 aliphatic heterocycles. The topological polar surface area (TPSA) is 68.7 Å². The fraction of sp³-hybridized carbons (Fsp3) is 0.542. The van der Waals surface area contributed by atoms with E-state index in [0.717, 1.165) is 20.1 Å². The van der Waals surface area contributed by atoms with Crippen LogP contribution in [0.4, 0.5) is 0 Å². The molecule has 1 aliphatic rings. The minimum atomic E-state index is -1.91. The predicted molar refractivity (Wildman–Crippen MR) is 146 cm³/mol. The largest absolute Gasteiger partial charge is 0.467 e. The maximum atomic E-state index is 12.7. The van der Waals surface area contributed by atoms with Crippen LogP contribution in [0.15, 0.2) is 35.2 Å². The average Bonchev–Trinajstić information content (AvgIpc) is 3.19. The summed E-state index contributed by atoms with van der Waals surface area (Å²) >= 11 is 1.67. The van der Waals surface area contributed by atoms with Gasteiger partial charge < -0.3 is 14.1 Å². The lowest BCUT2D eigenvalue weighted by Gasteiger charge is -2.41. The van der Waals surface area contributed by atoms with Crippen LogP contribution >= 0.6 is 32.9 Å². The third-order valence-electron chi connectivity index (χ3n) is 6.40. The van der Waals surface area contributed by atoms with E-state index in [4.69, 9.17) is 14.1 Å². The number of carbonyl (C=O) groups is 2. The zero-order valence-corrected chi connectivity index (χ0v) is 24.6. The van der Waals surface area contributed by atoms with Gasteiger partial charge >= 0.3 is 5.97 Å². The van der Waals surface area contributed by atoms with E-state index in [9.17, 15) is 9.59 Å². The molecule has 1 aromatic carbocycles. The molecule has 6 nitrogen and oxygen atoms in total. The Kier molecular flexibility index (Phi) is 8.29. The van der Waals surface area contributed by atoms with Gasteiger partial charge in [-0.1, -0.05) is 55.0 Å². The summed E-state index contributed by atoms with van der Waals surface area (Å²) in [5, 5.41) is 0.896. The minimum absolute atomic E-state index is 0.0667. The van der Waals surface area contributed by atoms with E-state index in [-0.39, 0.29) is 22.3 Å². The number of benzene rings is 1. The minimum Gasteiger partial charge on any atom is -0.467 e. The summed E-state index contributed by atoms with van der Waals surface area (Å²) in [6, 6.07) is 5.42. The molecule has 10 heteroatoms. The summed E-state index contributed by atoms with van der Waals surface area (Å²) in [6.45, 7) is 19.4. The van der Waals surface area contributed by atoms with E-state index >= 15 is 0 Å². The van der Waals surface area contributed by atoms with Crippen molar-refractivity contribution < 1.29 is 18.8 Å². The van der Waals surface area contributed by atoms with Gasteiger partial charge in [0.1, 0.15) is 10.3 Å². The lowest BCUT2D eigenvalue weighted by molar-refractivity contribution is -0.155. The average molecular weight is 539 g/mol. The molecule has 0 N–H and O–H groups in total. The molecule has 1 fully saturated rings. The SMILES string of the molecule is C=C(C)[C@H](C(=O)OC)N1C[C@@H](SSc2cccc3sc(C(C)O[Si](C)(C)C(C)(C)C)nc23)C1=O. The van der Waals surface area contributed by atoms with Crippen LogP contribution in [0.25, 0.3) is 10.2 Å². The number of thiazole rings is 1. The number of aromatic nitrogens is 1. The fourth-order valence-electron chi connectivity index (χ4n) is 3.39. The van der Waals surface area contributed by atoms with Crippen LogP contribution in [0.1, 0.15) is 45.7 Å². The summed E-state index contributed by atoms with van der Waals surface area (Å²) in [7, 11) is 2.48. The number of para-hydroxylation sites is 1. The first-order valence-corrected chi connectivity index (χ1v) is 17.1. The molecule has 0 spiro atoms. The van der Waals surface area contributed by atoms with Gasteiger partial charge in [0, 0.05) is 11.4 Å². The molecule has 1 amide bonds. The first-order valence-electron chi connectivity index (χ1n) is 11.2. The number of rotatable bonds is 9. The highest BCUT2D eigenvalue weighted by molar-refractivity contribution is 8.77. The Labute approximate surface area is 215 Å². The lowest BCUT2D eigenvalue weighted by atomic mass is 10.0. The summed E-state index contributed by atoms with van der Waals surface area (Å²) < 4.78 is 12.5. The Balaban J connectivity index is 1.69. The van der Waals surface area contributed by atoms with Crippen molar-refractivity contribution in [1.29, 1.82) is 0 Å². The highest BCUT2D eigenvalue weighted by Gasteiger charge is 2.45. The van der Waals surface area contributed by atoms with Gasteiger partial charge in [-0.3, -0.25) is 4.79 Å². The number of nitrogens with zero attached hydrogens (tertiary/aromatic N) is 2. The van der Waals surface area contributed by atoms with Gasteiger partial charge in [-0.25, -0.2) is 9.78 Å². The number of β-lactam (4-membered cyclic amide) rings is 1. The zero-order valence-electron chi connectivity index (χ0n) is 21.1. The van der Waals surface area contributed by atoms with Crippen molar-refractivity contribution in [2.75, 3.05) is 13.7 Å². The molecule has 0 radical (unpaired) electrons. The van der Waals surface area contributed by atoms with Gasteiger partial charge in [0.05, 0.1) is 23.4 Å². The number of fused-ring (bicyclic) bond motifs is 1. The van der Waals surface area contributed by atoms with Gasteiger partial charge in [-0.2, -0.15) is 0 Å². The van der Waals surface area contributed by atoms with Gasteiger partial charge in [-0.05, 0) is 49.7 Å². The summed E-state index contributed by atoms with van der Waals surface area (Å²) in [6.07, 6.45) is -0.0667. The van der Waals surface area contributed by atoms with Gasteiger partial charge in [0.2, 0.25) is 5.91 Å². The number of likely N-dealkylation sites (tertiary alicyclic amines) is 1. The molecule has 1 saturated heterocycles. The smallest absolute Gasteiger partial charge is 0.332 e. The first kappa shape index (κ1) is 27.3. The van der Waals surface area contributed by atoms with Crippen molar-refractivity contribution in [3.63, 3.8) is 0 Å². The molecule has 0 saturated carbocycles. The van der Waals surface area contributed by atoms with Gasteiger partial charge in [0.25, 0.3) is 0 Å². The van der Waals surface area contributed by atoms with Crippen LogP contribution < -0.4 is 0 Å². The highest BCUT2D eigenvalue weighted by Crippen LogP contribution is 2.45. The fourth-order valence-corrected chi connectivity index (χ4v) is 8.38. The van der Waals surface area contributed by atoms with Crippen LogP contribution in [0.3, 0.4) is 0 Å². The Hall–Kier alpha value is -1.33. The second-order valence-corrected chi connectivity index (χ2v) is 18.4. The molecule has 1 unspecified atom stereocenters. The molecule has 3 rings (SSSR count). The van der Waals surface area contributed by atoms with E-state index in [1.165, 1.54) is 22.8 Å². The molecule has 1 aromatic heterocycles. The van der Waals surface area contributed by atoms with E-state index in [1.54, 1.807) is 29.1 Å². The van der Waals surface area contributed by atoms with Crippen LogP contribution in [-0.2, 0) is 18.8 Å². The van der Waals surface area contributed by atoms with Gasteiger partial charge in [0.15, 0.2) is 14.4 Å². The van der Waals surface area contributed by atoms with E-state index < -0.39 is 20.3 Å². The molecule has 34 heavy (non-hydrogen) atoms. The maximum Gasteiger partial charge on any atom is 0.332 e. The standard InChI is InChI=1S/C24H34N2O4S3Si/c1-14(2)20(23(28)29-7)26-13-18(22(26)27)33-32-17-12-10-11-16-19(17)25-21(31-16)15(3)30-34(8,9)24(4,5)6/h10-12,15,18,20H,1,13H2,2-9H3/t15?,18-,20-/m1/s1. The number of ether oxygens (including phenoxy) is 1. The molecule has 2 aromatic rings. The predicted octanol–water partition coefficient (Wildman–Crippen LogP) is 6.45. The van der Waals surface area contributed by atoms with Crippen molar-refractivity contribution in [3.8, 4) is 0 Å². The van der Waals surface area contributed by atoms with Crippen LogP contribution in [0.5, 0.6) is 0 Å². The normalized spacial score (nSPS) is 18.5. The van der Waals surface area contributed by atoms with Crippen molar-refractivity contribution in [2.45, 2.75) is 75.0 Å². The summed E-state index contributed by atoms with van der Waals surface area (Å²) in [5.74, 6) is -0.524. The second kappa shape index (κ2) is 10.3. The maximum absolute atomic E-state index is 12.7. The van der Waals surface area contributed by atoms with Gasteiger partial charge in [-0.15, -0.1) is 11.3 Å². The van der Waals surface area contributed by atoms with E-state index in [2.05, 4.69) is 53.4 Å². The van der Waals surface area contributed by atoms with Crippen LogP contribution in [0.2, 0.25) is 18.1 Å². The highest BCUT2D eigenvalue weighted by atomic mass is 33.1. The number of amides is 1. The molecule has 3 atom stereocenters. The number of carbonyl (C=O) groups excluding carboxylic acids is 2. The third-order valence-corrected chi connectivity index (χ3v) is 14.9. The number of hydrogen-bond donors (Lipinski definition) is 0. The Morgan fingerprint density at radius 2 is 2.03 bits per heavy atom. The Morgan fingerprint density at radius 1 is 1.35 bits per heavy atom. The van der Waals surface area contributed by atoms with Crippen molar-refractivity contribution in [2.24, 2.45) is 0 Å². The monoisotopic (exact) mass is 538 g/mol. The molecule has 0 bridgehead atoms. The van der Waals surface area contributed by atoms with Crippen molar-refractivity contribution in [3.05, 3.63) is 35.4 Å². The zero-order chi connectivity index (χ0) is 25.4. The Morgan fingerprint density at radius 3 is 2.59 bits per heavy atom. The summed E-state index contributed by atoms with van der Waals surface area (Å²) in [5.41, 5.74) is 1.55. The van der Waals surface area contributed by atoms with E-state index in [1.807, 2.05) is 12.1 Å². The first-order chi connectivity index (χ1) is 15.8. The number of hydrogen-bond acceptors (Lipinski definition) is 8. The number of methoxy groups -OCH3 is 1. The van der Waals surface area contributed by atoms with Crippen molar-refractivity contribution in [1.82, 2.24) is 9.88 Å². The molecular formula is C24H34N2O4S3Si. The third kappa shape index (κ3) is 5.56. The van der Waals surface area contributed by atoms with Crippen LogP contribution in [-0.4, -0.2) is 55.0 Å². The lowest BCUT2D eigenvalue weighted by Crippen LogP contribution is -2.61. The second-order valence-electron chi connectivity index (χ2n) is 10.1.